The highest BCUT2D eigenvalue weighted by atomic mass is 16.1. The van der Waals surface area contributed by atoms with Gasteiger partial charge in [0.1, 0.15) is 0 Å². The van der Waals surface area contributed by atoms with Crippen molar-refractivity contribution in [1.82, 2.24) is 4.90 Å². The predicted molar refractivity (Wildman–Crippen MR) is 82.2 cm³/mol. The summed E-state index contributed by atoms with van der Waals surface area (Å²) in [4.78, 5) is 13.2. The molecule has 2 heteroatoms. The highest BCUT2D eigenvalue weighted by Gasteiger charge is 2.28. The summed E-state index contributed by atoms with van der Waals surface area (Å²) in [5, 5.41) is 0. The molecule has 0 fully saturated rings. The van der Waals surface area contributed by atoms with Crippen LogP contribution in [0, 0.1) is 17.8 Å². The van der Waals surface area contributed by atoms with E-state index in [1.54, 1.807) is 0 Å². The fourth-order valence-corrected chi connectivity index (χ4v) is 2.80. The lowest BCUT2D eigenvalue weighted by Gasteiger charge is -2.37. The molecule has 0 bridgehead atoms. The van der Waals surface area contributed by atoms with E-state index in [1.165, 1.54) is 11.1 Å². The van der Waals surface area contributed by atoms with Gasteiger partial charge in [0.25, 0.3) is 0 Å². The fraction of sp³-hybridized carbons (Fsp3) is 0.500. The van der Waals surface area contributed by atoms with Gasteiger partial charge in [-0.05, 0) is 36.0 Å². The first-order valence-corrected chi connectivity index (χ1v) is 7.48. The molecule has 0 saturated heterocycles. The summed E-state index contributed by atoms with van der Waals surface area (Å²) in [6.45, 7) is 7.21. The normalized spacial score (nSPS) is 17.4. The van der Waals surface area contributed by atoms with Gasteiger partial charge in [0.05, 0.1) is 0 Å². The van der Waals surface area contributed by atoms with Crippen LogP contribution in [0.4, 0.5) is 0 Å². The monoisotopic (exact) mass is 269 g/mol. The smallest absolute Gasteiger partial charge is 0.210 e. The number of carbonyl (C=O) groups is 1. The van der Waals surface area contributed by atoms with Crippen LogP contribution >= 0.6 is 0 Å². The van der Waals surface area contributed by atoms with Crippen LogP contribution in [0.3, 0.4) is 0 Å². The fourth-order valence-electron chi connectivity index (χ4n) is 2.80. The van der Waals surface area contributed by atoms with Gasteiger partial charge in [-0.2, -0.15) is 0 Å². The Morgan fingerprint density at radius 3 is 2.90 bits per heavy atom. The zero-order chi connectivity index (χ0) is 14.5. The van der Waals surface area contributed by atoms with Gasteiger partial charge >= 0.3 is 0 Å². The number of hydrogen-bond donors (Lipinski definition) is 0. The molecule has 1 unspecified atom stereocenters. The van der Waals surface area contributed by atoms with Crippen LogP contribution in [-0.4, -0.2) is 17.4 Å². The molecule has 1 atom stereocenters. The largest absolute Gasteiger partial charge is 0.337 e. The maximum Gasteiger partial charge on any atom is 0.210 e. The Morgan fingerprint density at radius 2 is 2.25 bits per heavy atom. The number of amides is 1. The number of rotatable bonds is 3. The Bertz CT molecular complexity index is 536. The van der Waals surface area contributed by atoms with E-state index in [0.29, 0.717) is 12.5 Å². The first-order valence-electron chi connectivity index (χ1n) is 7.48. The Hall–Kier alpha value is -1.75. The highest BCUT2D eigenvalue weighted by molar-refractivity contribution is 5.53. The van der Waals surface area contributed by atoms with Crippen molar-refractivity contribution < 1.29 is 4.79 Å². The van der Waals surface area contributed by atoms with Crippen molar-refractivity contribution >= 4 is 6.41 Å². The average molecular weight is 269 g/mol. The third-order valence-electron chi connectivity index (χ3n) is 3.97. The Balaban J connectivity index is 2.35. The maximum absolute atomic E-state index is 11.3. The molecule has 0 aliphatic carbocycles. The van der Waals surface area contributed by atoms with E-state index < -0.39 is 0 Å². The molecule has 0 N–H and O–H groups in total. The van der Waals surface area contributed by atoms with Gasteiger partial charge < -0.3 is 4.90 Å². The number of carbonyl (C=O) groups excluding carboxylic acids is 1. The zero-order valence-electron chi connectivity index (χ0n) is 12.6. The van der Waals surface area contributed by atoms with Crippen molar-refractivity contribution in [2.75, 3.05) is 0 Å². The van der Waals surface area contributed by atoms with Crippen LogP contribution in [-0.2, 0) is 17.8 Å². The first-order chi connectivity index (χ1) is 9.67. The topological polar surface area (TPSA) is 20.3 Å². The Kier molecular flexibility index (Phi) is 4.84. The molecule has 1 aromatic rings. The van der Waals surface area contributed by atoms with E-state index in [0.717, 1.165) is 31.2 Å². The molecule has 1 heterocycles. The van der Waals surface area contributed by atoms with Crippen LogP contribution in [0.1, 0.15) is 50.3 Å². The molecule has 106 valence electrons. The molecule has 2 nitrogen and oxygen atoms in total. The van der Waals surface area contributed by atoms with Crippen molar-refractivity contribution in [2.24, 2.45) is 5.92 Å². The van der Waals surface area contributed by atoms with Crippen molar-refractivity contribution in [1.29, 1.82) is 0 Å². The van der Waals surface area contributed by atoms with Gasteiger partial charge in [-0.25, -0.2) is 0 Å². The van der Waals surface area contributed by atoms with E-state index in [2.05, 4.69) is 44.7 Å². The molecule has 1 aliphatic heterocycles. The molecular weight excluding hydrogens is 246 g/mol. The lowest BCUT2D eigenvalue weighted by molar-refractivity contribution is -0.122. The molecule has 20 heavy (non-hydrogen) atoms. The summed E-state index contributed by atoms with van der Waals surface area (Å²) in [6.07, 6.45) is 3.94. The summed E-state index contributed by atoms with van der Waals surface area (Å²) in [5.74, 6) is 7.01. The van der Waals surface area contributed by atoms with Crippen LogP contribution in [0.2, 0.25) is 0 Å². The van der Waals surface area contributed by atoms with Crippen molar-refractivity contribution in [3.8, 4) is 11.8 Å². The van der Waals surface area contributed by atoms with Crippen LogP contribution in [0.25, 0.3) is 0 Å². The summed E-state index contributed by atoms with van der Waals surface area (Å²) in [7, 11) is 0. The summed E-state index contributed by atoms with van der Waals surface area (Å²) in [6, 6.07) is 6.56. The van der Waals surface area contributed by atoms with Gasteiger partial charge in [0, 0.05) is 24.6 Å². The third-order valence-corrected chi connectivity index (χ3v) is 3.97. The van der Waals surface area contributed by atoms with Gasteiger partial charge in [0.2, 0.25) is 6.41 Å². The summed E-state index contributed by atoms with van der Waals surface area (Å²) >= 11 is 0. The molecule has 1 amide bonds. The second kappa shape index (κ2) is 6.61. The van der Waals surface area contributed by atoms with E-state index in [-0.39, 0.29) is 6.04 Å². The van der Waals surface area contributed by atoms with Crippen molar-refractivity contribution in [3.63, 3.8) is 0 Å². The number of benzene rings is 1. The predicted octanol–water partition coefficient (Wildman–Crippen LogP) is 3.38. The zero-order valence-corrected chi connectivity index (χ0v) is 12.6. The minimum Gasteiger partial charge on any atom is -0.337 e. The SMILES string of the molecule is CCCC#Cc1cccc2c1CC(C(C)C)N(C=O)C2. The van der Waals surface area contributed by atoms with Gasteiger partial charge in [-0.15, -0.1) is 0 Å². The number of nitrogens with zero attached hydrogens (tertiary/aromatic N) is 1. The number of hydrogen-bond acceptors (Lipinski definition) is 1. The molecule has 0 aromatic heterocycles. The van der Waals surface area contributed by atoms with E-state index >= 15 is 0 Å². The second-order valence-electron chi connectivity index (χ2n) is 5.79. The van der Waals surface area contributed by atoms with Gasteiger partial charge in [0.15, 0.2) is 0 Å². The maximum atomic E-state index is 11.3. The highest BCUT2D eigenvalue weighted by Crippen LogP contribution is 2.28. The van der Waals surface area contributed by atoms with Crippen molar-refractivity contribution in [2.45, 2.75) is 52.6 Å². The number of unbranched alkanes of at least 4 members (excludes halogenated alkanes) is 1. The summed E-state index contributed by atoms with van der Waals surface area (Å²) < 4.78 is 0. The van der Waals surface area contributed by atoms with Gasteiger partial charge in [-0.1, -0.05) is 44.7 Å². The third kappa shape index (κ3) is 3.04. The second-order valence-corrected chi connectivity index (χ2v) is 5.79. The molecule has 0 spiro atoms. The average Bonchev–Trinajstić information content (AvgIpc) is 2.46. The molecule has 2 rings (SSSR count). The van der Waals surface area contributed by atoms with Crippen LogP contribution < -0.4 is 0 Å². The summed E-state index contributed by atoms with van der Waals surface area (Å²) in [5.41, 5.74) is 3.73. The van der Waals surface area contributed by atoms with Crippen LogP contribution in [0.5, 0.6) is 0 Å². The lowest BCUT2D eigenvalue weighted by Crippen LogP contribution is -2.42. The molecule has 1 aromatic carbocycles. The number of fused-ring (bicyclic) bond motifs is 1. The molecule has 0 saturated carbocycles. The van der Waals surface area contributed by atoms with E-state index in [1.807, 2.05) is 11.0 Å². The van der Waals surface area contributed by atoms with E-state index in [9.17, 15) is 4.79 Å². The van der Waals surface area contributed by atoms with Crippen molar-refractivity contribution in [3.05, 3.63) is 34.9 Å². The van der Waals surface area contributed by atoms with E-state index in [4.69, 9.17) is 0 Å². The molecule has 1 aliphatic rings. The molecule has 0 radical (unpaired) electrons. The standard InChI is InChI=1S/C18H23NO/c1-4-5-6-8-15-9-7-10-16-12-19(13-20)18(14(2)3)11-17(15)16/h7,9-10,13-14,18H,4-5,11-12H2,1-3H3. The van der Waals surface area contributed by atoms with Crippen LogP contribution in [0.15, 0.2) is 18.2 Å². The quantitative estimate of drug-likeness (QED) is 0.608. The molecular formula is C18H23NO. The Morgan fingerprint density at radius 1 is 1.45 bits per heavy atom. The minimum absolute atomic E-state index is 0.286. The lowest BCUT2D eigenvalue weighted by atomic mass is 9.86. The van der Waals surface area contributed by atoms with Gasteiger partial charge in [-0.3, -0.25) is 4.79 Å². The first kappa shape index (κ1) is 14.7. The Labute approximate surface area is 122 Å². The minimum atomic E-state index is 0.286.